The fourth-order valence-electron chi connectivity index (χ4n) is 5.40. The molecule has 3 aromatic rings. The molecule has 2 unspecified atom stereocenters. The monoisotopic (exact) mass is 595 g/mol. The number of ether oxygens (including phenoxy) is 1. The van der Waals surface area contributed by atoms with Crippen LogP contribution in [-0.2, 0) is 4.79 Å². The number of carboxylic acid groups (broad SMARTS) is 1. The number of carbonyl (C=O) groups is 1. The first-order valence-corrected chi connectivity index (χ1v) is 13.3. The largest absolute Gasteiger partial charge is 0.480 e. The van der Waals surface area contributed by atoms with Crippen LogP contribution < -0.4 is 20.7 Å². The predicted molar refractivity (Wildman–Crippen MR) is 146 cm³/mol. The zero-order chi connectivity index (χ0) is 28.7. The Kier molecular flexibility index (Phi) is 7.73. The molecule has 1 aromatic heterocycles. The third-order valence-corrected chi connectivity index (χ3v) is 7.99. The van der Waals surface area contributed by atoms with Crippen LogP contribution in [-0.4, -0.2) is 52.9 Å². The molecule has 13 heteroatoms. The number of nitrogen functional groups attached to an aromatic ring is 1. The molecule has 40 heavy (non-hydrogen) atoms. The highest BCUT2D eigenvalue weighted by atomic mass is 35.5. The molecule has 2 saturated heterocycles. The summed E-state index contributed by atoms with van der Waals surface area (Å²) in [4.78, 5) is 21.4. The summed E-state index contributed by atoms with van der Waals surface area (Å²) in [7, 11) is 0. The molecule has 2 aliphatic rings. The molecule has 4 N–H and O–H groups in total. The maximum absolute atomic E-state index is 14.5. The van der Waals surface area contributed by atoms with Crippen molar-refractivity contribution < 1.29 is 27.8 Å². The molecule has 5 rings (SSSR count). The number of alkyl halides is 3. The molecule has 2 atom stereocenters. The Morgan fingerprint density at radius 1 is 1.10 bits per heavy atom. The normalized spacial score (nSPS) is 19.5. The molecular formula is C27H26Cl2F3N5O3. The molecule has 0 radical (unpaired) electrons. The molecule has 2 fully saturated rings. The van der Waals surface area contributed by atoms with Gasteiger partial charge in [0.25, 0.3) is 0 Å². The van der Waals surface area contributed by atoms with Crippen LogP contribution in [0.1, 0.15) is 30.9 Å². The van der Waals surface area contributed by atoms with Gasteiger partial charge in [-0.3, -0.25) is 4.79 Å². The number of aliphatic carboxylic acids is 1. The molecule has 8 nitrogen and oxygen atoms in total. The highest BCUT2D eigenvalue weighted by Gasteiger charge is 2.46. The van der Waals surface area contributed by atoms with Gasteiger partial charge in [0.1, 0.15) is 11.9 Å². The van der Waals surface area contributed by atoms with Gasteiger partial charge < -0.3 is 25.8 Å². The first-order valence-electron chi connectivity index (χ1n) is 12.6. The molecule has 1 spiro atoms. The number of nitrogens with one attached hydrogen (secondary N) is 1. The minimum absolute atomic E-state index is 0.147. The summed E-state index contributed by atoms with van der Waals surface area (Å²) < 4.78 is 48.9. The maximum Gasteiger partial charge on any atom is 0.429 e. The minimum Gasteiger partial charge on any atom is -0.480 e. The zero-order valence-electron chi connectivity index (χ0n) is 21.1. The van der Waals surface area contributed by atoms with Crippen LogP contribution in [0.2, 0.25) is 10.0 Å². The van der Waals surface area contributed by atoms with Gasteiger partial charge in [0, 0.05) is 41.3 Å². The van der Waals surface area contributed by atoms with Gasteiger partial charge in [0.05, 0.1) is 0 Å². The lowest BCUT2D eigenvalue weighted by Gasteiger charge is -2.39. The highest BCUT2D eigenvalue weighted by Crippen LogP contribution is 2.43. The number of aromatic nitrogens is 2. The minimum atomic E-state index is -4.80. The average molecular weight is 596 g/mol. The number of carboxylic acids is 1. The van der Waals surface area contributed by atoms with Crippen LogP contribution in [0.5, 0.6) is 5.88 Å². The lowest BCUT2D eigenvalue weighted by Crippen LogP contribution is -2.41. The quantitative estimate of drug-likeness (QED) is 0.330. The van der Waals surface area contributed by atoms with E-state index in [0.29, 0.717) is 55.3 Å². The molecular weight excluding hydrogens is 570 g/mol. The molecule has 0 amide bonds. The average Bonchev–Trinajstić information content (AvgIpc) is 3.31. The summed E-state index contributed by atoms with van der Waals surface area (Å²) in [5.41, 5.74) is 6.31. The van der Waals surface area contributed by atoms with Crippen molar-refractivity contribution in [2.75, 3.05) is 30.3 Å². The van der Waals surface area contributed by atoms with E-state index >= 15 is 0 Å². The topological polar surface area (TPSA) is 114 Å². The number of hydrogen-bond donors (Lipinski definition) is 3. The lowest BCUT2D eigenvalue weighted by atomic mass is 9.76. The molecule has 2 aliphatic heterocycles. The van der Waals surface area contributed by atoms with Gasteiger partial charge in [0.2, 0.25) is 17.9 Å². The lowest BCUT2D eigenvalue weighted by molar-refractivity contribution is -0.198. The first kappa shape index (κ1) is 28.3. The maximum atomic E-state index is 14.5. The van der Waals surface area contributed by atoms with Crippen molar-refractivity contribution in [3.05, 3.63) is 64.1 Å². The molecule has 0 bridgehead atoms. The summed E-state index contributed by atoms with van der Waals surface area (Å²) in [6.45, 7) is 1.66. The van der Waals surface area contributed by atoms with Crippen molar-refractivity contribution in [1.82, 2.24) is 15.3 Å². The van der Waals surface area contributed by atoms with Crippen molar-refractivity contribution in [2.45, 2.75) is 37.6 Å². The van der Waals surface area contributed by atoms with Crippen LogP contribution in [0.15, 0.2) is 48.5 Å². The van der Waals surface area contributed by atoms with Crippen molar-refractivity contribution >= 4 is 40.9 Å². The van der Waals surface area contributed by atoms with E-state index in [1.54, 1.807) is 24.3 Å². The number of halogens is 5. The van der Waals surface area contributed by atoms with Crippen LogP contribution in [0.3, 0.4) is 0 Å². The molecule has 0 saturated carbocycles. The Morgan fingerprint density at radius 2 is 1.77 bits per heavy atom. The third kappa shape index (κ3) is 6.06. The van der Waals surface area contributed by atoms with Gasteiger partial charge in [-0.25, -0.2) is 0 Å². The smallest absolute Gasteiger partial charge is 0.429 e. The Hall–Kier alpha value is -3.28. The number of benzene rings is 2. The van der Waals surface area contributed by atoms with Gasteiger partial charge in [-0.1, -0.05) is 41.4 Å². The number of rotatable bonds is 6. The van der Waals surface area contributed by atoms with Crippen LogP contribution in [0, 0.1) is 5.41 Å². The van der Waals surface area contributed by atoms with E-state index < -0.39 is 24.3 Å². The standard InChI is InChI=1S/C27H26Cl2F3N5O3/c28-16-3-1-15(2-4-16)19-11-17(29)5-6-18(19)23(27(30,31)32)40-22-12-21(35-25(33)36-22)37-9-7-26(8-10-37)13-20(24(38)39)34-14-26/h1-6,11-12,20,23,34H,7-10,13-14H2,(H,38,39)(H2,33,35,36). The SMILES string of the molecule is Nc1nc(OC(c2ccc(Cl)cc2-c2ccc(Cl)cc2)C(F)(F)F)cc(N2CCC3(CC2)CNC(C(=O)O)C3)n1. The summed E-state index contributed by atoms with van der Waals surface area (Å²) in [6, 6.07) is 11.2. The Balaban J connectivity index is 1.41. The summed E-state index contributed by atoms with van der Waals surface area (Å²) in [6.07, 6.45) is -5.25. The van der Waals surface area contributed by atoms with E-state index in [-0.39, 0.29) is 33.4 Å². The molecule has 2 aromatic carbocycles. The van der Waals surface area contributed by atoms with Gasteiger partial charge in [-0.05, 0) is 60.1 Å². The van der Waals surface area contributed by atoms with Crippen molar-refractivity contribution in [2.24, 2.45) is 5.41 Å². The summed E-state index contributed by atoms with van der Waals surface area (Å²) >= 11 is 12.1. The van der Waals surface area contributed by atoms with Crippen LogP contribution >= 0.6 is 23.2 Å². The summed E-state index contributed by atoms with van der Waals surface area (Å²) in [5.74, 6) is -1.08. The van der Waals surface area contributed by atoms with Crippen LogP contribution in [0.25, 0.3) is 11.1 Å². The first-order chi connectivity index (χ1) is 18.9. The predicted octanol–water partition coefficient (Wildman–Crippen LogP) is 5.75. The Morgan fingerprint density at radius 3 is 2.40 bits per heavy atom. The van der Waals surface area contributed by atoms with Gasteiger partial charge >= 0.3 is 12.1 Å². The fraction of sp³-hybridized carbons (Fsp3) is 0.370. The third-order valence-electron chi connectivity index (χ3n) is 7.50. The van der Waals surface area contributed by atoms with Crippen molar-refractivity contribution in [1.29, 1.82) is 0 Å². The second-order valence-electron chi connectivity index (χ2n) is 10.2. The number of anilines is 2. The number of piperidine rings is 1. The Bertz CT molecular complexity index is 1400. The number of nitrogens with zero attached hydrogens (tertiary/aromatic N) is 3. The molecule has 3 heterocycles. The second-order valence-corrected chi connectivity index (χ2v) is 11.0. The van der Waals surface area contributed by atoms with E-state index in [0.717, 1.165) is 0 Å². The Labute approximate surface area is 238 Å². The number of hydrogen-bond acceptors (Lipinski definition) is 7. The number of nitrogens with two attached hydrogens (primary N) is 1. The molecule has 212 valence electrons. The van der Waals surface area contributed by atoms with Gasteiger partial charge in [0.15, 0.2) is 0 Å². The van der Waals surface area contributed by atoms with E-state index in [1.807, 2.05) is 4.90 Å². The van der Waals surface area contributed by atoms with E-state index in [2.05, 4.69) is 15.3 Å². The van der Waals surface area contributed by atoms with Crippen LogP contribution in [0.4, 0.5) is 24.9 Å². The summed E-state index contributed by atoms with van der Waals surface area (Å²) in [5, 5.41) is 13.1. The van der Waals surface area contributed by atoms with Gasteiger partial charge in [-0.15, -0.1) is 0 Å². The van der Waals surface area contributed by atoms with Gasteiger partial charge in [-0.2, -0.15) is 23.1 Å². The van der Waals surface area contributed by atoms with Crippen molar-refractivity contribution in [3.8, 4) is 17.0 Å². The second kappa shape index (κ2) is 10.9. The van der Waals surface area contributed by atoms with E-state index in [9.17, 15) is 23.1 Å². The zero-order valence-corrected chi connectivity index (χ0v) is 22.6. The van der Waals surface area contributed by atoms with E-state index in [4.69, 9.17) is 33.7 Å². The fourth-order valence-corrected chi connectivity index (χ4v) is 5.70. The molecule has 0 aliphatic carbocycles. The highest BCUT2D eigenvalue weighted by molar-refractivity contribution is 6.31. The van der Waals surface area contributed by atoms with E-state index in [1.165, 1.54) is 24.3 Å². The van der Waals surface area contributed by atoms with Crippen molar-refractivity contribution in [3.63, 3.8) is 0 Å².